The van der Waals surface area contributed by atoms with Gasteiger partial charge < -0.3 is 24.4 Å². The first kappa shape index (κ1) is 16.7. The van der Waals surface area contributed by atoms with Crippen molar-refractivity contribution in [2.75, 3.05) is 26.9 Å². The van der Waals surface area contributed by atoms with Gasteiger partial charge in [0.1, 0.15) is 19.3 Å². The Kier molecular flexibility index (Phi) is 4.70. The third-order valence-electron chi connectivity index (χ3n) is 3.65. The second kappa shape index (κ2) is 6.76. The van der Waals surface area contributed by atoms with E-state index in [1.165, 1.54) is 7.11 Å². The van der Waals surface area contributed by atoms with Crippen molar-refractivity contribution >= 4 is 5.71 Å². The van der Waals surface area contributed by atoms with Crippen molar-refractivity contribution in [1.82, 2.24) is 5.32 Å². The summed E-state index contributed by atoms with van der Waals surface area (Å²) in [5.41, 5.74) is -0.0126. The highest BCUT2D eigenvalue weighted by Crippen LogP contribution is 2.40. The molecule has 2 aliphatic heterocycles. The maximum absolute atomic E-state index is 12.5. The van der Waals surface area contributed by atoms with E-state index in [-0.39, 0.29) is 13.0 Å². The van der Waals surface area contributed by atoms with E-state index in [1.807, 2.05) is 6.07 Å². The number of alkyl halides is 3. The first-order valence-electron chi connectivity index (χ1n) is 7.44. The summed E-state index contributed by atoms with van der Waals surface area (Å²) >= 11 is 0. The number of nitrogens with one attached hydrogen (secondary N) is 1. The Labute approximate surface area is 136 Å². The van der Waals surface area contributed by atoms with Crippen molar-refractivity contribution in [2.24, 2.45) is 5.16 Å². The fourth-order valence-corrected chi connectivity index (χ4v) is 2.51. The monoisotopic (exact) mass is 346 g/mol. The summed E-state index contributed by atoms with van der Waals surface area (Å²) in [6.07, 6.45) is -5.31. The average Bonchev–Trinajstić information content (AvgIpc) is 3.03. The molecule has 0 radical (unpaired) electrons. The highest BCUT2D eigenvalue weighted by molar-refractivity contribution is 5.90. The van der Waals surface area contributed by atoms with Crippen LogP contribution >= 0.6 is 0 Å². The van der Waals surface area contributed by atoms with Gasteiger partial charge in [-0.2, -0.15) is 13.2 Å². The van der Waals surface area contributed by atoms with Gasteiger partial charge >= 0.3 is 6.18 Å². The van der Waals surface area contributed by atoms with E-state index in [0.29, 0.717) is 37.0 Å². The minimum atomic E-state index is -4.43. The van der Waals surface area contributed by atoms with Crippen LogP contribution < -0.4 is 19.5 Å². The quantitative estimate of drug-likeness (QED) is 0.886. The van der Waals surface area contributed by atoms with Gasteiger partial charge in [-0.05, 0) is 17.7 Å². The molecule has 0 aliphatic carbocycles. The SMILES string of the molecule is COc1cc(CNCC2CC(C(F)(F)F)=NO2)cc2c1OCCO2. The van der Waals surface area contributed by atoms with Gasteiger partial charge in [-0.15, -0.1) is 0 Å². The molecule has 24 heavy (non-hydrogen) atoms. The number of fused-ring (bicyclic) bond motifs is 1. The lowest BCUT2D eigenvalue weighted by Gasteiger charge is -2.21. The number of hydrogen-bond acceptors (Lipinski definition) is 6. The van der Waals surface area contributed by atoms with Crippen LogP contribution in [0.2, 0.25) is 0 Å². The van der Waals surface area contributed by atoms with Gasteiger partial charge in [-0.25, -0.2) is 0 Å². The molecule has 2 heterocycles. The minimum absolute atomic E-state index is 0.249. The van der Waals surface area contributed by atoms with E-state index >= 15 is 0 Å². The number of oxime groups is 1. The summed E-state index contributed by atoms with van der Waals surface area (Å²) < 4.78 is 53.8. The minimum Gasteiger partial charge on any atom is -0.493 e. The lowest BCUT2D eigenvalue weighted by Crippen LogP contribution is -2.29. The molecule has 2 aliphatic rings. The number of halogens is 3. The van der Waals surface area contributed by atoms with Crippen molar-refractivity contribution in [1.29, 1.82) is 0 Å². The van der Waals surface area contributed by atoms with E-state index < -0.39 is 18.0 Å². The third kappa shape index (κ3) is 3.66. The summed E-state index contributed by atoms with van der Waals surface area (Å²) in [6.45, 7) is 1.59. The fraction of sp³-hybridized carbons (Fsp3) is 0.533. The highest BCUT2D eigenvalue weighted by Gasteiger charge is 2.41. The summed E-state index contributed by atoms with van der Waals surface area (Å²) in [4.78, 5) is 4.80. The maximum atomic E-state index is 12.5. The number of benzene rings is 1. The Morgan fingerprint density at radius 2 is 2.08 bits per heavy atom. The summed E-state index contributed by atoms with van der Waals surface area (Å²) in [7, 11) is 1.53. The number of hydrogen-bond donors (Lipinski definition) is 1. The first-order chi connectivity index (χ1) is 11.5. The second-order valence-corrected chi connectivity index (χ2v) is 5.42. The van der Waals surface area contributed by atoms with E-state index in [9.17, 15) is 13.2 Å². The molecule has 0 fully saturated rings. The van der Waals surface area contributed by atoms with Gasteiger partial charge in [0.2, 0.25) is 5.75 Å². The normalized spacial score (nSPS) is 19.7. The molecule has 0 saturated heterocycles. The van der Waals surface area contributed by atoms with Gasteiger partial charge in [-0.1, -0.05) is 5.16 Å². The van der Waals surface area contributed by atoms with Crippen molar-refractivity contribution in [3.05, 3.63) is 17.7 Å². The lowest BCUT2D eigenvalue weighted by atomic mass is 10.1. The van der Waals surface area contributed by atoms with Gasteiger partial charge in [0.05, 0.1) is 7.11 Å². The van der Waals surface area contributed by atoms with Crippen LogP contribution in [0.15, 0.2) is 17.3 Å². The first-order valence-corrected chi connectivity index (χ1v) is 7.44. The topological polar surface area (TPSA) is 61.3 Å². The molecule has 1 atom stereocenters. The Morgan fingerprint density at radius 3 is 2.79 bits per heavy atom. The van der Waals surface area contributed by atoms with E-state index in [4.69, 9.17) is 19.0 Å². The Hall–Kier alpha value is -2.16. The van der Waals surface area contributed by atoms with Gasteiger partial charge in [0.15, 0.2) is 17.2 Å². The molecule has 0 amide bonds. The van der Waals surface area contributed by atoms with Crippen LogP contribution in [0.4, 0.5) is 13.2 Å². The number of methoxy groups -OCH3 is 1. The van der Waals surface area contributed by atoms with Crippen LogP contribution in [0.1, 0.15) is 12.0 Å². The van der Waals surface area contributed by atoms with Crippen LogP contribution in [0.3, 0.4) is 0 Å². The Bertz CT molecular complexity index is 617. The Morgan fingerprint density at radius 1 is 1.29 bits per heavy atom. The molecule has 1 aromatic rings. The van der Waals surface area contributed by atoms with Crippen molar-refractivity contribution in [3.8, 4) is 17.2 Å². The molecule has 6 nitrogen and oxygen atoms in total. The smallest absolute Gasteiger partial charge is 0.432 e. The molecule has 0 aromatic heterocycles. The van der Waals surface area contributed by atoms with Crippen LogP contribution in [-0.2, 0) is 11.4 Å². The summed E-state index contributed by atoms with van der Waals surface area (Å²) in [5.74, 6) is 1.72. The molecule has 3 rings (SSSR count). The standard InChI is InChI=1S/C15H17F3N2O4/c1-21-11-4-9(5-12-14(11)23-3-2-22-12)7-19-8-10-6-13(20-24-10)15(16,17)18/h4-5,10,19H,2-3,6-8H2,1H3. The molecule has 9 heteroatoms. The Balaban J connectivity index is 1.54. The van der Waals surface area contributed by atoms with Crippen LogP contribution in [0, 0.1) is 0 Å². The molecular weight excluding hydrogens is 329 g/mol. The molecule has 1 N–H and O–H groups in total. The van der Waals surface area contributed by atoms with E-state index in [1.54, 1.807) is 6.07 Å². The van der Waals surface area contributed by atoms with Crippen LogP contribution in [-0.4, -0.2) is 44.9 Å². The highest BCUT2D eigenvalue weighted by atomic mass is 19.4. The largest absolute Gasteiger partial charge is 0.493 e. The van der Waals surface area contributed by atoms with Crippen LogP contribution in [0.25, 0.3) is 0 Å². The predicted molar refractivity (Wildman–Crippen MR) is 78.7 cm³/mol. The number of nitrogens with zero attached hydrogens (tertiary/aromatic N) is 1. The molecule has 0 bridgehead atoms. The molecule has 1 unspecified atom stereocenters. The van der Waals surface area contributed by atoms with Crippen molar-refractivity contribution in [3.63, 3.8) is 0 Å². The molecule has 0 saturated carbocycles. The maximum Gasteiger partial charge on any atom is 0.432 e. The molecule has 0 spiro atoms. The second-order valence-electron chi connectivity index (χ2n) is 5.42. The average molecular weight is 346 g/mol. The van der Waals surface area contributed by atoms with Crippen LogP contribution in [0.5, 0.6) is 17.2 Å². The molecule has 132 valence electrons. The van der Waals surface area contributed by atoms with Crippen molar-refractivity contribution in [2.45, 2.75) is 25.2 Å². The molecular formula is C15H17F3N2O4. The van der Waals surface area contributed by atoms with E-state index in [0.717, 1.165) is 5.56 Å². The van der Waals surface area contributed by atoms with Gasteiger partial charge in [0, 0.05) is 19.5 Å². The zero-order valence-corrected chi connectivity index (χ0v) is 13.0. The zero-order valence-electron chi connectivity index (χ0n) is 13.0. The number of rotatable bonds is 5. The predicted octanol–water partition coefficient (Wildman–Crippen LogP) is 2.26. The lowest BCUT2D eigenvalue weighted by molar-refractivity contribution is -0.0604. The fourth-order valence-electron chi connectivity index (χ4n) is 2.51. The van der Waals surface area contributed by atoms with Crippen molar-refractivity contribution < 1.29 is 32.2 Å². The van der Waals surface area contributed by atoms with Gasteiger partial charge in [0.25, 0.3) is 0 Å². The summed E-state index contributed by atoms with van der Waals surface area (Å²) in [6, 6.07) is 3.62. The van der Waals surface area contributed by atoms with E-state index in [2.05, 4.69) is 10.5 Å². The third-order valence-corrected chi connectivity index (χ3v) is 3.65. The van der Waals surface area contributed by atoms with Gasteiger partial charge in [-0.3, -0.25) is 0 Å². The number of ether oxygens (including phenoxy) is 3. The summed E-state index contributed by atoms with van der Waals surface area (Å²) in [5, 5.41) is 6.15. The molecule has 1 aromatic carbocycles. The zero-order chi connectivity index (χ0) is 17.2.